The molecule has 2 atom stereocenters. The molecule has 3 N–H and O–H groups in total. The maximum absolute atomic E-state index is 13.0. The number of amides is 2. The number of thiazole rings is 2. The van der Waals surface area contributed by atoms with E-state index < -0.39 is 29.2 Å². The second-order valence-corrected chi connectivity index (χ2v) is 11.0. The molecule has 5 heterocycles. The van der Waals surface area contributed by atoms with Crippen LogP contribution >= 0.6 is 34.4 Å². The number of nitrogens with two attached hydrogens (primary N) is 1. The van der Waals surface area contributed by atoms with Crippen molar-refractivity contribution >= 4 is 74.0 Å². The Bertz CT molecular complexity index is 1510. The summed E-state index contributed by atoms with van der Waals surface area (Å²) in [5, 5.41) is 19.7. The van der Waals surface area contributed by atoms with Crippen LogP contribution < -0.4 is 45.7 Å². The monoisotopic (exact) mass is 581 g/mol. The minimum absolute atomic E-state index is 0. The van der Waals surface area contributed by atoms with Gasteiger partial charge in [-0.05, 0) is 25.5 Å². The van der Waals surface area contributed by atoms with Crippen LogP contribution in [0.4, 0.5) is 5.13 Å². The van der Waals surface area contributed by atoms with Crippen LogP contribution in [0.25, 0.3) is 10.9 Å². The third-order valence-corrected chi connectivity index (χ3v) is 8.85. The van der Waals surface area contributed by atoms with E-state index in [2.05, 4.69) is 20.4 Å². The Hall–Kier alpha value is -2.69. The number of carbonyl (C=O) groups excluding carboxylic acids is 3. The van der Waals surface area contributed by atoms with Gasteiger partial charge in [0.25, 0.3) is 11.8 Å². The fourth-order valence-electron chi connectivity index (χ4n) is 3.95. The summed E-state index contributed by atoms with van der Waals surface area (Å²) in [6.45, 7) is 3.87. The molecule has 0 spiro atoms. The van der Waals surface area contributed by atoms with E-state index >= 15 is 0 Å². The molecule has 0 aliphatic carbocycles. The number of hydrogen-bond acceptors (Lipinski definition) is 12. The summed E-state index contributed by atoms with van der Waals surface area (Å²) in [5.41, 5.74) is 6.99. The summed E-state index contributed by atoms with van der Waals surface area (Å²) in [6, 6.07) is -0.950. The Labute approximate surface area is 250 Å². The van der Waals surface area contributed by atoms with Gasteiger partial charge in [0.1, 0.15) is 34.9 Å². The molecule has 1 saturated heterocycles. The number of nitrogen functional groups attached to an aromatic ring is 1. The van der Waals surface area contributed by atoms with Gasteiger partial charge in [-0.2, -0.15) is 0 Å². The summed E-state index contributed by atoms with van der Waals surface area (Å²) < 4.78 is 1.94. The zero-order valence-corrected chi connectivity index (χ0v) is 25.0. The molecule has 16 heteroatoms. The topological polar surface area (TPSA) is 167 Å². The summed E-state index contributed by atoms with van der Waals surface area (Å²) in [5.74, 6) is -2.38. The Morgan fingerprint density at radius 2 is 2.18 bits per heavy atom. The fourth-order valence-corrected chi connectivity index (χ4v) is 6.82. The predicted molar refractivity (Wildman–Crippen MR) is 139 cm³/mol. The number of thioether (sulfide) groups is 1. The number of anilines is 1. The van der Waals surface area contributed by atoms with E-state index in [0.717, 1.165) is 31.6 Å². The fraction of sp³-hybridized carbons (Fsp3) is 0.273. The van der Waals surface area contributed by atoms with Crippen LogP contribution in [-0.2, 0) is 19.2 Å². The minimum atomic E-state index is -1.46. The SMILES string of the molecule is CCO/N=C(\C(=O)N[C@@H]1C(=O)N2C(C(=O)[O-])=C(C=Cc3sc4cncn4c3C)CS[C@H]12)c1csc(N)n1.[Na+]. The van der Waals surface area contributed by atoms with Gasteiger partial charge in [-0.15, -0.1) is 34.4 Å². The number of carbonyl (C=O) groups is 3. The number of fused-ring (bicyclic) bond motifs is 2. The molecule has 2 amide bonds. The van der Waals surface area contributed by atoms with Crippen molar-refractivity contribution in [1.82, 2.24) is 24.6 Å². The van der Waals surface area contributed by atoms with Crippen molar-refractivity contribution in [1.29, 1.82) is 0 Å². The first-order valence-electron chi connectivity index (χ1n) is 11.0. The Morgan fingerprint density at radius 3 is 2.84 bits per heavy atom. The van der Waals surface area contributed by atoms with Gasteiger partial charge in [-0.1, -0.05) is 11.2 Å². The second-order valence-electron chi connectivity index (χ2n) is 7.94. The predicted octanol–water partition coefficient (Wildman–Crippen LogP) is -2.40. The zero-order valence-electron chi connectivity index (χ0n) is 20.5. The molecule has 5 rings (SSSR count). The number of rotatable bonds is 8. The minimum Gasteiger partial charge on any atom is -0.543 e. The number of hydrogen-bond donors (Lipinski definition) is 2. The van der Waals surface area contributed by atoms with Gasteiger partial charge in [-0.25, -0.2) is 9.97 Å². The van der Waals surface area contributed by atoms with Gasteiger partial charge in [-0.3, -0.25) is 18.9 Å². The number of nitrogens with zero attached hydrogens (tertiary/aromatic N) is 5. The first kappa shape index (κ1) is 28.3. The number of oxime groups is 1. The normalized spacial score (nSPS) is 19.4. The zero-order chi connectivity index (χ0) is 26.3. The smallest absolute Gasteiger partial charge is 0.543 e. The number of imidazole rings is 1. The Morgan fingerprint density at radius 1 is 1.39 bits per heavy atom. The molecule has 2 aliphatic heterocycles. The van der Waals surface area contributed by atoms with Crippen LogP contribution in [0, 0.1) is 6.92 Å². The molecule has 3 aromatic rings. The molecular formula is C22H20N7NaO5S3. The van der Waals surface area contributed by atoms with E-state index in [1.54, 1.807) is 30.9 Å². The van der Waals surface area contributed by atoms with Crippen LogP contribution in [0.5, 0.6) is 0 Å². The largest absolute Gasteiger partial charge is 1.00 e. The number of β-lactam (4-membered cyclic amide) rings is 1. The van der Waals surface area contributed by atoms with Gasteiger partial charge in [0.2, 0.25) is 0 Å². The Kier molecular flexibility index (Phi) is 8.64. The molecule has 1 fully saturated rings. The number of carboxylic acid groups (broad SMARTS) is 1. The van der Waals surface area contributed by atoms with Gasteiger partial charge < -0.3 is 25.8 Å². The van der Waals surface area contributed by atoms with E-state index in [-0.39, 0.29) is 58.4 Å². The molecule has 3 aromatic heterocycles. The molecule has 0 unspecified atom stereocenters. The van der Waals surface area contributed by atoms with Crippen molar-refractivity contribution in [3.63, 3.8) is 0 Å². The van der Waals surface area contributed by atoms with Crippen molar-refractivity contribution in [2.24, 2.45) is 5.16 Å². The molecule has 192 valence electrons. The quantitative estimate of drug-likeness (QED) is 0.128. The van der Waals surface area contributed by atoms with E-state index in [4.69, 9.17) is 10.6 Å². The summed E-state index contributed by atoms with van der Waals surface area (Å²) in [7, 11) is 0. The number of nitrogens with one attached hydrogen (secondary N) is 1. The molecule has 0 aromatic carbocycles. The van der Waals surface area contributed by atoms with Gasteiger partial charge in [0.15, 0.2) is 10.8 Å². The number of aromatic nitrogens is 3. The van der Waals surface area contributed by atoms with Crippen molar-refractivity contribution < 1.29 is 53.9 Å². The van der Waals surface area contributed by atoms with Gasteiger partial charge in [0, 0.05) is 21.7 Å². The van der Waals surface area contributed by atoms with E-state index in [0.29, 0.717) is 11.3 Å². The average molecular weight is 582 g/mol. The molecule has 0 bridgehead atoms. The summed E-state index contributed by atoms with van der Waals surface area (Å²) in [6.07, 6.45) is 6.99. The molecule has 0 radical (unpaired) electrons. The van der Waals surface area contributed by atoms with Crippen LogP contribution in [0.2, 0.25) is 0 Å². The van der Waals surface area contributed by atoms with E-state index in [1.807, 2.05) is 17.4 Å². The molecule has 12 nitrogen and oxygen atoms in total. The van der Waals surface area contributed by atoms with Crippen molar-refractivity contribution in [3.8, 4) is 0 Å². The van der Waals surface area contributed by atoms with Crippen LogP contribution in [0.15, 0.2) is 40.4 Å². The number of carboxylic acids is 1. The molecule has 2 aliphatic rings. The molecule has 38 heavy (non-hydrogen) atoms. The maximum atomic E-state index is 13.0. The third kappa shape index (κ3) is 5.13. The maximum Gasteiger partial charge on any atom is 1.00 e. The summed E-state index contributed by atoms with van der Waals surface area (Å²) in [4.78, 5) is 54.3. The van der Waals surface area contributed by atoms with Gasteiger partial charge >= 0.3 is 29.6 Å². The van der Waals surface area contributed by atoms with Crippen LogP contribution in [0.1, 0.15) is 23.2 Å². The first-order chi connectivity index (χ1) is 17.8. The summed E-state index contributed by atoms with van der Waals surface area (Å²) >= 11 is 4.00. The van der Waals surface area contributed by atoms with Crippen LogP contribution in [0.3, 0.4) is 0 Å². The third-order valence-electron chi connectivity index (χ3n) is 5.72. The average Bonchev–Trinajstić information content (AvgIpc) is 3.59. The van der Waals surface area contributed by atoms with Crippen LogP contribution in [-0.4, -0.2) is 66.5 Å². The molecule has 0 saturated carbocycles. The number of aryl methyl sites for hydroxylation is 1. The van der Waals surface area contributed by atoms with Crippen molar-refractivity contribution in [2.75, 3.05) is 18.1 Å². The standard InChI is InChI=1S/C22H21N7O5S3.Na/c1-3-34-27-15(12-8-36-22(23)25-12)18(30)26-16-19(31)29-17(21(32)33)11(7-35-20(16)29)4-5-13-10(2)28-9-24-6-14(28)37-13;/h4-6,8-9,16,20H,3,7H2,1-2H3,(H2,23,25)(H,26,30)(H,32,33);/q;+1/p-1/b5-4?,27-15-;/t16-,20-;/m1./s1. The number of aliphatic carboxylic acids is 1. The van der Waals surface area contributed by atoms with E-state index in [9.17, 15) is 19.5 Å². The first-order valence-corrected chi connectivity index (χ1v) is 13.8. The van der Waals surface area contributed by atoms with Crippen molar-refractivity contribution in [2.45, 2.75) is 25.3 Å². The van der Waals surface area contributed by atoms with Gasteiger partial charge in [0.05, 0.1) is 17.9 Å². The number of allylic oxidation sites excluding steroid dienone is 1. The molecular weight excluding hydrogens is 561 g/mol. The van der Waals surface area contributed by atoms with Crippen molar-refractivity contribution in [3.05, 3.63) is 51.5 Å². The second kappa shape index (κ2) is 11.6. The Balaban J connectivity index is 0.00000336. The van der Waals surface area contributed by atoms with E-state index in [1.165, 1.54) is 23.1 Å².